The van der Waals surface area contributed by atoms with E-state index in [1.807, 2.05) is 29.2 Å². The molecule has 168 valence electrons. The highest BCUT2D eigenvalue weighted by Crippen LogP contribution is 2.37. The van der Waals surface area contributed by atoms with E-state index < -0.39 is 10.0 Å². The van der Waals surface area contributed by atoms with Gasteiger partial charge < -0.3 is 9.64 Å². The molecule has 0 spiro atoms. The van der Waals surface area contributed by atoms with Gasteiger partial charge >= 0.3 is 0 Å². The number of hydrogen-bond donors (Lipinski definition) is 0. The van der Waals surface area contributed by atoms with Gasteiger partial charge in [0.2, 0.25) is 5.91 Å². The Morgan fingerprint density at radius 2 is 1.84 bits per heavy atom. The average Bonchev–Trinajstić information content (AvgIpc) is 3.49. The summed E-state index contributed by atoms with van der Waals surface area (Å²) in [6, 6.07) is 11.5. The summed E-state index contributed by atoms with van der Waals surface area (Å²) in [6.07, 6.45) is 3.48. The SMILES string of the molecule is COc1ccc(CN(C(=O)C2CCN(S(=O)(=O)c3cccs3)CC2)C(C)C2CC2)cc1. The first-order chi connectivity index (χ1) is 14.9. The maximum Gasteiger partial charge on any atom is 0.252 e. The van der Waals surface area contributed by atoms with Crippen LogP contribution in [0.3, 0.4) is 0 Å². The number of thiophene rings is 1. The molecule has 1 atom stereocenters. The number of carbonyl (C=O) groups is 1. The fourth-order valence-corrected chi connectivity index (χ4v) is 6.91. The number of piperidine rings is 1. The first-order valence-corrected chi connectivity index (χ1v) is 13.2. The third kappa shape index (κ3) is 4.96. The number of nitrogens with zero attached hydrogens (tertiary/aromatic N) is 2. The summed E-state index contributed by atoms with van der Waals surface area (Å²) in [6.45, 7) is 3.51. The second kappa shape index (κ2) is 9.30. The lowest BCUT2D eigenvalue weighted by Gasteiger charge is -2.36. The Labute approximate surface area is 188 Å². The minimum Gasteiger partial charge on any atom is -0.497 e. The number of ether oxygens (including phenoxy) is 1. The normalized spacial score (nSPS) is 19.2. The van der Waals surface area contributed by atoms with Crippen molar-refractivity contribution >= 4 is 27.3 Å². The van der Waals surface area contributed by atoms with Gasteiger partial charge in [-0.25, -0.2) is 8.42 Å². The van der Waals surface area contributed by atoms with E-state index in [1.165, 1.54) is 28.5 Å². The van der Waals surface area contributed by atoms with Crippen molar-refractivity contribution in [1.29, 1.82) is 0 Å². The molecule has 1 aliphatic heterocycles. The van der Waals surface area contributed by atoms with Crippen LogP contribution in [0, 0.1) is 11.8 Å². The summed E-state index contributed by atoms with van der Waals surface area (Å²) in [5.41, 5.74) is 1.08. The molecular weight excluding hydrogens is 432 g/mol. The summed E-state index contributed by atoms with van der Waals surface area (Å²) >= 11 is 1.24. The number of benzene rings is 1. The minimum atomic E-state index is -3.45. The molecule has 1 saturated carbocycles. The number of amides is 1. The van der Waals surface area contributed by atoms with E-state index in [0.717, 1.165) is 11.3 Å². The maximum absolute atomic E-state index is 13.5. The first kappa shape index (κ1) is 22.3. The monoisotopic (exact) mass is 462 g/mol. The van der Waals surface area contributed by atoms with Gasteiger partial charge in [-0.05, 0) is 67.7 Å². The highest BCUT2D eigenvalue weighted by atomic mass is 32.2. The molecule has 31 heavy (non-hydrogen) atoms. The molecule has 6 nitrogen and oxygen atoms in total. The molecule has 4 rings (SSSR count). The predicted octanol–water partition coefficient (Wildman–Crippen LogP) is 3.98. The van der Waals surface area contributed by atoms with E-state index in [-0.39, 0.29) is 17.9 Å². The van der Waals surface area contributed by atoms with Gasteiger partial charge in [0.15, 0.2) is 0 Å². The minimum absolute atomic E-state index is 0.130. The Morgan fingerprint density at radius 3 is 2.39 bits per heavy atom. The maximum atomic E-state index is 13.5. The van der Waals surface area contributed by atoms with E-state index in [2.05, 4.69) is 6.92 Å². The average molecular weight is 463 g/mol. The predicted molar refractivity (Wildman–Crippen MR) is 122 cm³/mol. The quantitative estimate of drug-likeness (QED) is 0.595. The highest BCUT2D eigenvalue weighted by Gasteiger charge is 2.39. The molecule has 1 aromatic heterocycles. The number of methoxy groups -OCH3 is 1. The van der Waals surface area contributed by atoms with Crippen molar-refractivity contribution in [3.05, 3.63) is 47.3 Å². The fourth-order valence-electron chi connectivity index (χ4n) is 4.30. The molecule has 0 radical (unpaired) electrons. The molecule has 1 aromatic carbocycles. The number of sulfonamides is 1. The van der Waals surface area contributed by atoms with E-state index in [4.69, 9.17) is 4.74 Å². The first-order valence-electron chi connectivity index (χ1n) is 10.9. The lowest BCUT2D eigenvalue weighted by molar-refractivity contribution is -0.140. The standard InChI is InChI=1S/C23H30N2O4S2/c1-17(19-7-8-19)25(16-18-5-9-21(29-2)10-6-18)23(26)20-11-13-24(14-12-20)31(27,28)22-4-3-15-30-22/h3-6,9-10,15,17,19-20H,7-8,11-14,16H2,1-2H3. The summed E-state index contributed by atoms with van der Waals surface area (Å²) in [7, 11) is -1.80. The van der Waals surface area contributed by atoms with E-state index in [9.17, 15) is 13.2 Å². The van der Waals surface area contributed by atoms with Gasteiger partial charge in [0, 0.05) is 31.6 Å². The lowest BCUT2D eigenvalue weighted by atomic mass is 9.95. The van der Waals surface area contributed by atoms with Gasteiger partial charge in [0.25, 0.3) is 10.0 Å². The Balaban J connectivity index is 1.43. The Kier molecular flexibility index (Phi) is 6.69. The second-order valence-electron chi connectivity index (χ2n) is 8.50. The van der Waals surface area contributed by atoms with Gasteiger partial charge in [-0.2, -0.15) is 4.31 Å². The zero-order valence-electron chi connectivity index (χ0n) is 18.1. The van der Waals surface area contributed by atoms with Crippen molar-refractivity contribution in [3.63, 3.8) is 0 Å². The van der Waals surface area contributed by atoms with Crippen molar-refractivity contribution in [2.24, 2.45) is 11.8 Å². The van der Waals surface area contributed by atoms with Crippen LogP contribution in [0.5, 0.6) is 5.75 Å². The third-order valence-electron chi connectivity index (χ3n) is 6.48. The van der Waals surface area contributed by atoms with Crippen LogP contribution in [-0.2, 0) is 21.4 Å². The second-order valence-corrected chi connectivity index (χ2v) is 11.6. The summed E-state index contributed by atoms with van der Waals surface area (Å²) in [4.78, 5) is 15.5. The third-order valence-corrected chi connectivity index (χ3v) is 9.75. The molecule has 1 unspecified atom stereocenters. The molecule has 2 fully saturated rings. The van der Waals surface area contributed by atoms with Crippen LogP contribution in [0.25, 0.3) is 0 Å². The van der Waals surface area contributed by atoms with Crippen molar-refractivity contribution in [1.82, 2.24) is 9.21 Å². The van der Waals surface area contributed by atoms with Gasteiger partial charge in [-0.1, -0.05) is 18.2 Å². The Morgan fingerprint density at radius 1 is 1.16 bits per heavy atom. The largest absolute Gasteiger partial charge is 0.497 e. The molecule has 0 N–H and O–H groups in total. The summed E-state index contributed by atoms with van der Waals surface area (Å²) in [5, 5.41) is 1.78. The van der Waals surface area contributed by atoms with Crippen molar-refractivity contribution < 1.29 is 17.9 Å². The molecule has 1 aliphatic carbocycles. The van der Waals surface area contributed by atoms with Gasteiger partial charge in [0.05, 0.1) is 7.11 Å². The Hall–Kier alpha value is -1.90. The number of rotatable bonds is 8. The molecule has 8 heteroatoms. The van der Waals surface area contributed by atoms with Crippen LogP contribution in [-0.4, -0.2) is 49.8 Å². The van der Waals surface area contributed by atoms with Crippen LogP contribution < -0.4 is 4.74 Å². The van der Waals surface area contributed by atoms with Gasteiger partial charge in [-0.15, -0.1) is 11.3 Å². The van der Waals surface area contributed by atoms with E-state index in [0.29, 0.717) is 42.6 Å². The molecule has 2 aliphatic rings. The summed E-state index contributed by atoms with van der Waals surface area (Å²) < 4.78 is 32.7. The van der Waals surface area contributed by atoms with Crippen LogP contribution in [0.1, 0.15) is 38.2 Å². The molecule has 1 saturated heterocycles. The van der Waals surface area contributed by atoms with Crippen molar-refractivity contribution in [2.75, 3.05) is 20.2 Å². The number of hydrogen-bond acceptors (Lipinski definition) is 5. The topological polar surface area (TPSA) is 66.9 Å². The molecule has 1 amide bonds. The van der Waals surface area contributed by atoms with Crippen molar-refractivity contribution in [3.8, 4) is 5.75 Å². The molecule has 2 aromatic rings. The molecular formula is C23H30N2O4S2. The zero-order valence-corrected chi connectivity index (χ0v) is 19.7. The highest BCUT2D eigenvalue weighted by molar-refractivity contribution is 7.91. The van der Waals surface area contributed by atoms with E-state index in [1.54, 1.807) is 24.6 Å². The fraction of sp³-hybridized carbons (Fsp3) is 0.522. The Bertz CT molecular complexity index is 977. The lowest BCUT2D eigenvalue weighted by Crippen LogP contribution is -2.47. The van der Waals surface area contributed by atoms with Crippen LogP contribution >= 0.6 is 11.3 Å². The summed E-state index contributed by atoms with van der Waals surface area (Å²) in [5.74, 6) is 1.40. The molecule has 0 bridgehead atoms. The number of carbonyl (C=O) groups excluding carboxylic acids is 1. The van der Waals surface area contributed by atoms with Gasteiger partial charge in [0.1, 0.15) is 9.96 Å². The van der Waals surface area contributed by atoms with Crippen molar-refractivity contribution in [2.45, 2.75) is 49.4 Å². The smallest absolute Gasteiger partial charge is 0.252 e. The van der Waals surface area contributed by atoms with Crippen LogP contribution in [0.2, 0.25) is 0 Å². The molecule has 2 heterocycles. The van der Waals surface area contributed by atoms with Crippen LogP contribution in [0.15, 0.2) is 46.0 Å². The van der Waals surface area contributed by atoms with Gasteiger partial charge in [-0.3, -0.25) is 4.79 Å². The zero-order chi connectivity index (χ0) is 22.0. The van der Waals surface area contributed by atoms with Crippen LogP contribution in [0.4, 0.5) is 0 Å². The van der Waals surface area contributed by atoms with E-state index >= 15 is 0 Å².